The highest BCUT2D eigenvalue weighted by atomic mass is 32.1. The summed E-state index contributed by atoms with van der Waals surface area (Å²) in [7, 11) is 3.11. The van der Waals surface area contributed by atoms with Gasteiger partial charge in [-0.15, -0.1) is 11.3 Å². The number of hydrogen-bond donors (Lipinski definition) is 1. The Morgan fingerprint density at radius 3 is 2.63 bits per heavy atom. The molecule has 3 amide bonds. The van der Waals surface area contributed by atoms with E-state index in [-0.39, 0.29) is 24.5 Å². The highest BCUT2D eigenvalue weighted by molar-refractivity contribution is 7.10. The molecule has 2 heterocycles. The second-order valence-corrected chi connectivity index (χ2v) is 9.37. The highest BCUT2D eigenvalue weighted by Gasteiger charge is 2.33. The number of amides is 3. The molecular weight excluding hydrogens is 462 g/mol. The summed E-state index contributed by atoms with van der Waals surface area (Å²) in [5.74, 6) is 1.05. The van der Waals surface area contributed by atoms with Crippen LogP contribution in [0.4, 0.5) is 10.5 Å². The van der Waals surface area contributed by atoms with Crippen LogP contribution in [0.15, 0.2) is 60.0 Å². The van der Waals surface area contributed by atoms with Gasteiger partial charge >= 0.3 is 6.03 Å². The minimum Gasteiger partial charge on any atom is -0.497 e. The quantitative estimate of drug-likeness (QED) is 0.469. The van der Waals surface area contributed by atoms with Gasteiger partial charge < -0.3 is 24.6 Å². The monoisotopic (exact) mass is 493 g/mol. The Morgan fingerprint density at radius 2 is 1.91 bits per heavy atom. The topological polar surface area (TPSA) is 71.1 Å². The van der Waals surface area contributed by atoms with Gasteiger partial charge in [0.2, 0.25) is 5.91 Å². The predicted molar refractivity (Wildman–Crippen MR) is 138 cm³/mol. The number of methoxy groups -OCH3 is 2. The second-order valence-electron chi connectivity index (χ2n) is 8.37. The summed E-state index contributed by atoms with van der Waals surface area (Å²) in [6.45, 7) is 3.08. The van der Waals surface area contributed by atoms with Crippen LogP contribution in [0, 0.1) is 0 Å². The molecule has 3 aromatic rings. The summed E-state index contributed by atoms with van der Waals surface area (Å²) in [5.41, 5.74) is 2.78. The summed E-state index contributed by atoms with van der Waals surface area (Å²) in [6, 6.07) is 16.9. The first-order valence-electron chi connectivity index (χ1n) is 11.7. The van der Waals surface area contributed by atoms with Crippen molar-refractivity contribution in [3.63, 3.8) is 0 Å². The molecule has 1 atom stereocenters. The van der Waals surface area contributed by atoms with Crippen LogP contribution in [0.2, 0.25) is 0 Å². The van der Waals surface area contributed by atoms with E-state index in [0.29, 0.717) is 30.3 Å². The molecule has 35 heavy (non-hydrogen) atoms. The van der Waals surface area contributed by atoms with Crippen LogP contribution in [-0.4, -0.2) is 55.6 Å². The van der Waals surface area contributed by atoms with Crippen molar-refractivity contribution in [2.75, 3.05) is 39.2 Å². The lowest BCUT2D eigenvalue weighted by Crippen LogP contribution is -2.47. The Balaban J connectivity index is 1.54. The molecule has 1 aromatic heterocycles. The van der Waals surface area contributed by atoms with Gasteiger partial charge in [0.15, 0.2) is 0 Å². The first kappa shape index (κ1) is 24.6. The lowest BCUT2D eigenvalue weighted by Gasteiger charge is -2.37. The number of fused-ring (bicyclic) bond motifs is 1. The first-order valence-corrected chi connectivity index (χ1v) is 12.6. The van der Waals surface area contributed by atoms with Crippen molar-refractivity contribution >= 4 is 29.0 Å². The molecule has 4 rings (SSSR count). The average molecular weight is 494 g/mol. The van der Waals surface area contributed by atoms with Crippen molar-refractivity contribution in [1.82, 2.24) is 9.80 Å². The van der Waals surface area contributed by atoms with Gasteiger partial charge in [0.1, 0.15) is 18.0 Å². The van der Waals surface area contributed by atoms with Crippen molar-refractivity contribution in [2.24, 2.45) is 0 Å². The molecule has 0 saturated heterocycles. The maximum Gasteiger partial charge on any atom is 0.322 e. The van der Waals surface area contributed by atoms with Crippen LogP contribution in [0.3, 0.4) is 0 Å². The minimum absolute atomic E-state index is 0.000940. The number of anilines is 1. The van der Waals surface area contributed by atoms with Crippen molar-refractivity contribution < 1.29 is 19.1 Å². The normalized spacial score (nSPS) is 14.7. The molecule has 0 radical (unpaired) electrons. The minimum atomic E-state index is -0.340. The maximum absolute atomic E-state index is 13.6. The van der Waals surface area contributed by atoms with Crippen molar-refractivity contribution in [2.45, 2.75) is 25.8 Å². The molecule has 1 aliphatic rings. The Kier molecular flexibility index (Phi) is 7.92. The van der Waals surface area contributed by atoms with E-state index in [4.69, 9.17) is 9.47 Å². The van der Waals surface area contributed by atoms with Crippen molar-refractivity contribution in [3.8, 4) is 11.5 Å². The molecule has 2 aromatic carbocycles. The molecule has 0 spiro atoms. The standard InChI is InChI=1S/C27H31N3O4S/c1-4-14-29(27(32)28-22-11-10-20(33-2)17-23(22)34-3)18-25(31)30-15-12-24-21(13-16-35-24)26(30)19-8-6-5-7-9-19/h5-11,13,16-17,26H,4,12,14-15,18H2,1-3H3,(H,28,32). The zero-order valence-corrected chi connectivity index (χ0v) is 21.1. The smallest absolute Gasteiger partial charge is 0.322 e. The van der Waals surface area contributed by atoms with E-state index in [0.717, 1.165) is 18.4 Å². The van der Waals surface area contributed by atoms with Gasteiger partial charge in [-0.2, -0.15) is 0 Å². The van der Waals surface area contributed by atoms with E-state index in [1.807, 2.05) is 30.0 Å². The molecule has 184 valence electrons. The summed E-state index contributed by atoms with van der Waals surface area (Å²) in [6.07, 6.45) is 1.56. The van der Waals surface area contributed by atoms with Crippen molar-refractivity contribution in [1.29, 1.82) is 0 Å². The summed E-state index contributed by atoms with van der Waals surface area (Å²) in [5, 5.41) is 4.99. The third-order valence-electron chi connectivity index (χ3n) is 6.16. The number of hydrogen-bond acceptors (Lipinski definition) is 5. The van der Waals surface area contributed by atoms with Crippen molar-refractivity contribution in [3.05, 3.63) is 76.0 Å². The van der Waals surface area contributed by atoms with Crippen LogP contribution in [-0.2, 0) is 11.2 Å². The molecule has 0 saturated carbocycles. The number of nitrogens with zero attached hydrogens (tertiary/aromatic N) is 2. The molecule has 1 unspecified atom stereocenters. The Bertz CT molecular complexity index is 1160. The molecule has 1 N–H and O–H groups in total. The fourth-order valence-electron chi connectivity index (χ4n) is 4.45. The van der Waals surface area contributed by atoms with Gasteiger partial charge in [-0.25, -0.2) is 4.79 Å². The van der Waals surface area contributed by atoms with Gasteiger partial charge in [-0.1, -0.05) is 37.3 Å². The van der Waals surface area contributed by atoms with Crippen LogP contribution >= 0.6 is 11.3 Å². The fourth-order valence-corrected chi connectivity index (χ4v) is 5.36. The van der Waals surface area contributed by atoms with E-state index in [9.17, 15) is 9.59 Å². The summed E-state index contributed by atoms with van der Waals surface area (Å²) in [4.78, 5) is 31.6. The van der Waals surface area contributed by atoms with E-state index < -0.39 is 0 Å². The molecule has 8 heteroatoms. The lowest BCUT2D eigenvalue weighted by atomic mass is 9.93. The third-order valence-corrected chi connectivity index (χ3v) is 7.16. The number of carbonyl (C=O) groups excluding carboxylic acids is 2. The first-order chi connectivity index (χ1) is 17.0. The van der Waals surface area contributed by atoms with E-state index >= 15 is 0 Å². The van der Waals surface area contributed by atoms with E-state index in [1.165, 1.54) is 17.6 Å². The Labute approximate surface area is 210 Å². The molecule has 1 aliphatic heterocycles. The van der Waals surface area contributed by atoms with Crippen LogP contribution < -0.4 is 14.8 Å². The second kappa shape index (κ2) is 11.3. The number of rotatable bonds is 8. The number of urea groups is 1. The van der Waals surface area contributed by atoms with Crippen LogP contribution in [0.5, 0.6) is 11.5 Å². The number of nitrogens with one attached hydrogen (secondary N) is 1. The summed E-state index contributed by atoms with van der Waals surface area (Å²) >= 11 is 1.74. The van der Waals surface area contributed by atoms with Crippen LogP contribution in [0.25, 0.3) is 0 Å². The maximum atomic E-state index is 13.6. The molecule has 7 nitrogen and oxygen atoms in total. The van der Waals surface area contributed by atoms with Gasteiger partial charge in [0, 0.05) is 24.0 Å². The number of thiophene rings is 1. The Hall–Kier alpha value is -3.52. The van der Waals surface area contributed by atoms with Gasteiger partial charge in [-0.3, -0.25) is 4.79 Å². The molecule has 0 fully saturated rings. The van der Waals surface area contributed by atoms with E-state index in [2.05, 4.69) is 28.9 Å². The van der Waals surface area contributed by atoms with Crippen LogP contribution in [0.1, 0.15) is 35.4 Å². The Morgan fingerprint density at radius 1 is 1.11 bits per heavy atom. The van der Waals surface area contributed by atoms with Gasteiger partial charge in [0.25, 0.3) is 0 Å². The molecule has 0 bridgehead atoms. The SMILES string of the molecule is CCCN(CC(=O)N1CCc2sccc2C1c1ccccc1)C(=O)Nc1ccc(OC)cc1OC. The zero-order valence-electron chi connectivity index (χ0n) is 20.3. The van der Waals surface area contributed by atoms with Gasteiger partial charge in [0.05, 0.1) is 25.9 Å². The summed E-state index contributed by atoms with van der Waals surface area (Å²) < 4.78 is 10.6. The predicted octanol–water partition coefficient (Wildman–Crippen LogP) is 5.18. The number of carbonyl (C=O) groups is 2. The largest absolute Gasteiger partial charge is 0.497 e. The molecule has 0 aliphatic carbocycles. The zero-order chi connectivity index (χ0) is 24.8. The highest BCUT2D eigenvalue weighted by Crippen LogP contribution is 2.38. The van der Waals surface area contributed by atoms with Gasteiger partial charge in [-0.05, 0) is 47.5 Å². The number of benzene rings is 2. The van der Waals surface area contributed by atoms with E-state index in [1.54, 1.807) is 41.5 Å². The third kappa shape index (κ3) is 5.43. The number of ether oxygens (including phenoxy) is 2. The lowest BCUT2D eigenvalue weighted by molar-refractivity contribution is -0.133. The molecular formula is C27H31N3O4S. The average Bonchev–Trinajstić information content (AvgIpc) is 3.37. The fraction of sp³-hybridized carbons (Fsp3) is 0.333.